The zero-order valence-corrected chi connectivity index (χ0v) is 17.2. The summed E-state index contributed by atoms with van der Waals surface area (Å²) in [5.74, 6) is -1.55. The molecule has 2 fully saturated rings. The van der Waals surface area contributed by atoms with Gasteiger partial charge in [-0.25, -0.2) is 0 Å². The molecule has 1 heterocycles. The van der Waals surface area contributed by atoms with Crippen LogP contribution in [0.15, 0.2) is 12.7 Å². The first-order chi connectivity index (χ1) is 13.4. The van der Waals surface area contributed by atoms with E-state index in [1.54, 1.807) is 4.90 Å². The van der Waals surface area contributed by atoms with Crippen LogP contribution in [0, 0.1) is 11.8 Å². The summed E-state index contributed by atoms with van der Waals surface area (Å²) in [5.41, 5.74) is 0. The van der Waals surface area contributed by atoms with Crippen LogP contribution >= 0.6 is 0 Å². The van der Waals surface area contributed by atoms with E-state index in [1.807, 2.05) is 6.92 Å². The van der Waals surface area contributed by atoms with Gasteiger partial charge in [0, 0.05) is 25.3 Å². The second-order valence-electron chi connectivity index (χ2n) is 8.04. The summed E-state index contributed by atoms with van der Waals surface area (Å²) in [4.78, 5) is 51.8. The van der Waals surface area contributed by atoms with Crippen LogP contribution in [0.25, 0.3) is 0 Å². The summed E-state index contributed by atoms with van der Waals surface area (Å²) in [7, 11) is 0. The molecule has 28 heavy (non-hydrogen) atoms. The van der Waals surface area contributed by atoms with Gasteiger partial charge in [-0.05, 0) is 31.6 Å². The summed E-state index contributed by atoms with van der Waals surface area (Å²) in [6.07, 6.45) is 7.64. The molecule has 1 aliphatic heterocycles. The Morgan fingerprint density at radius 1 is 1.21 bits per heavy atom. The topological polar surface area (TPSA) is 80.8 Å². The van der Waals surface area contributed by atoms with Crippen LogP contribution in [-0.2, 0) is 23.9 Å². The molecule has 0 spiro atoms. The second kappa shape index (κ2) is 10.6. The third-order valence-corrected chi connectivity index (χ3v) is 6.02. The molecule has 1 amide bonds. The molecule has 0 aromatic carbocycles. The molecule has 1 saturated heterocycles. The molecular formula is C22H33NO5. The summed E-state index contributed by atoms with van der Waals surface area (Å²) < 4.78 is 5.09. The smallest absolute Gasteiger partial charge is 0.224 e. The zero-order valence-electron chi connectivity index (χ0n) is 17.2. The molecule has 0 N–H and O–H groups in total. The molecule has 1 saturated carbocycles. The Morgan fingerprint density at radius 3 is 2.57 bits per heavy atom. The van der Waals surface area contributed by atoms with E-state index in [1.165, 1.54) is 13.0 Å². The summed E-state index contributed by atoms with van der Waals surface area (Å²) in [5, 5.41) is 0. The third kappa shape index (κ3) is 5.37. The number of carbonyl (C=O) groups is 4. The Bertz CT molecular complexity index is 614. The molecule has 4 atom stereocenters. The van der Waals surface area contributed by atoms with Crippen molar-refractivity contribution >= 4 is 23.3 Å². The standard InChI is InChI=1S/C22H33NO5/c1-4-8-17(22(27)21(26)14-28-11-5-2)13-20(25)19-12-16-9-6-7-10-18(16)23(19)15(3)24/h5,16-19H,2,4,6-14H2,1,3H3/t16-,17+,18-,19-/m0/s1. The molecule has 6 heteroatoms. The number of Topliss-reactive ketones (excluding diaryl/α,β-unsaturated/α-hetero) is 3. The van der Waals surface area contributed by atoms with Crippen molar-refractivity contribution < 1.29 is 23.9 Å². The number of ether oxygens (including phenoxy) is 1. The van der Waals surface area contributed by atoms with Crippen molar-refractivity contribution in [1.29, 1.82) is 0 Å². The minimum Gasteiger partial charge on any atom is -0.369 e. The van der Waals surface area contributed by atoms with Crippen molar-refractivity contribution in [2.75, 3.05) is 13.2 Å². The number of fused-ring (bicyclic) bond motifs is 1. The number of carbonyl (C=O) groups excluding carboxylic acids is 4. The molecule has 6 nitrogen and oxygen atoms in total. The second-order valence-corrected chi connectivity index (χ2v) is 8.04. The van der Waals surface area contributed by atoms with Crippen LogP contribution in [0.4, 0.5) is 0 Å². The highest BCUT2D eigenvalue weighted by Gasteiger charge is 2.46. The van der Waals surface area contributed by atoms with Crippen LogP contribution in [-0.4, -0.2) is 53.5 Å². The predicted molar refractivity (Wildman–Crippen MR) is 106 cm³/mol. The van der Waals surface area contributed by atoms with E-state index < -0.39 is 23.5 Å². The van der Waals surface area contributed by atoms with Crippen LogP contribution in [0.5, 0.6) is 0 Å². The molecule has 2 rings (SSSR count). The van der Waals surface area contributed by atoms with Crippen LogP contribution in [0.3, 0.4) is 0 Å². The van der Waals surface area contributed by atoms with E-state index in [0.717, 1.165) is 25.7 Å². The Labute approximate surface area is 167 Å². The van der Waals surface area contributed by atoms with Gasteiger partial charge in [0.1, 0.15) is 6.61 Å². The maximum atomic E-state index is 13.1. The summed E-state index contributed by atoms with van der Waals surface area (Å²) in [6.45, 7) is 6.87. The lowest BCUT2D eigenvalue weighted by Gasteiger charge is -2.33. The molecule has 0 bridgehead atoms. The summed E-state index contributed by atoms with van der Waals surface area (Å²) >= 11 is 0. The van der Waals surface area contributed by atoms with Crippen LogP contribution < -0.4 is 0 Å². The van der Waals surface area contributed by atoms with E-state index in [-0.39, 0.29) is 37.4 Å². The van der Waals surface area contributed by atoms with Gasteiger partial charge in [-0.3, -0.25) is 19.2 Å². The number of ketones is 3. The lowest BCUT2D eigenvalue weighted by Crippen LogP contribution is -2.45. The first-order valence-electron chi connectivity index (χ1n) is 10.5. The number of hydrogen-bond acceptors (Lipinski definition) is 5. The molecule has 1 aliphatic carbocycles. The van der Waals surface area contributed by atoms with E-state index >= 15 is 0 Å². The average Bonchev–Trinajstić information content (AvgIpc) is 3.07. The van der Waals surface area contributed by atoms with Gasteiger partial charge in [-0.2, -0.15) is 0 Å². The Kier molecular flexibility index (Phi) is 8.55. The highest BCUT2D eigenvalue weighted by atomic mass is 16.5. The maximum absolute atomic E-state index is 13.1. The molecule has 0 aromatic heterocycles. The first kappa shape index (κ1) is 22.5. The van der Waals surface area contributed by atoms with Gasteiger partial charge in [0.05, 0.1) is 12.6 Å². The normalized spacial score (nSPS) is 25.1. The predicted octanol–water partition coefficient (Wildman–Crippen LogP) is 2.88. The van der Waals surface area contributed by atoms with E-state index in [4.69, 9.17) is 4.74 Å². The van der Waals surface area contributed by atoms with E-state index in [0.29, 0.717) is 25.2 Å². The van der Waals surface area contributed by atoms with Crippen molar-refractivity contribution in [2.24, 2.45) is 11.8 Å². The minimum absolute atomic E-state index is 0.0216. The fourth-order valence-electron chi connectivity index (χ4n) is 4.79. The number of hydrogen-bond donors (Lipinski definition) is 0. The fourth-order valence-corrected chi connectivity index (χ4v) is 4.79. The zero-order chi connectivity index (χ0) is 20.7. The average molecular weight is 392 g/mol. The van der Waals surface area contributed by atoms with Gasteiger partial charge in [0.2, 0.25) is 17.5 Å². The molecular weight excluding hydrogens is 358 g/mol. The van der Waals surface area contributed by atoms with Crippen LogP contribution in [0.1, 0.15) is 65.2 Å². The fraction of sp³-hybridized carbons (Fsp3) is 0.727. The largest absolute Gasteiger partial charge is 0.369 e. The molecule has 156 valence electrons. The van der Waals surface area contributed by atoms with Crippen LogP contribution in [0.2, 0.25) is 0 Å². The highest BCUT2D eigenvalue weighted by molar-refractivity contribution is 6.38. The maximum Gasteiger partial charge on any atom is 0.224 e. The number of amides is 1. The molecule has 2 aliphatic rings. The number of likely N-dealkylation sites (tertiary alicyclic amines) is 1. The third-order valence-electron chi connectivity index (χ3n) is 6.02. The van der Waals surface area contributed by atoms with Crippen molar-refractivity contribution in [3.63, 3.8) is 0 Å². The number of rotatable bonds is 11. The summed E-state index contributed by atoms with van der Waals surface area (Å²) in [6, 6.07) is -0.306. The lowest BCUT2D eigenvalue weighted by atomic mass is 9.83. The Hall–Kier alpha value is -1.82. The van der Waals surface area contributed by atoms with E-state index in [9.17, 15) is 19.2 Å². The SMILES string of the molecule is C=CCOCC(=O)C(=O)[C@H](CCC)CC(=O)[C@@H]1C[C@@H]2CCCC[C@@H]2N1C(C)=O. The van der Waals surface area contributed by atoms with Gasteiger partial charge in [-0.1, -0.05) is 32.3 Å². The van der Waals surface area contributed by atoms with Crippen molar-refractivity contribution in [1.82, 2.24) is 4.90 Å². The van der Waals surface area contributed by atoms with Gasteiger partial charge in [-0.15, -0.1) is 6.58 Å². The molecule has 0 unspecified atom stereocenters. The Balaban J connectivity index is 2.05. The Morgan fingerprint density at radius 2 is 1.93 bits per heavy atom. The monoisotopic (exact) mass is 391 g/mol. The van der Waals surface area contributed by atoms with Gasteiger partial charge in [0.25, 0.3) is 0 Å². The molecule has 0 aromatic rings. The molecule has 0 radical (unpaired) electrons. The van der Waals surface area contributed by atoms with Gasteiger partial charge in [0.15, 0.2) is 5.78 Å². The quantitative estimate of drug-likeness (QED) is 0.307. The first-order valence-corrected chi connectivity index (χ1v) is 10.5. The lowest BCUT2D eigenvalue weighted by molar-refractivity contribution is -0.143. The highest BCUT2D eigenvalue weighted by Crippen LogP contribution is 2.40. The van der Waals surface area contributed by atoms with Crippen molar-refractivity contribution in [3.05, 3.63) is 12.7 Å². The minimum atomic E-state index is -0.631. The van der Waals surface area contributed by atoms with Crippen molar-refractivity contribution in [3.8, 4) is 0 Å². The van der Waals surface area contributed by atoms with Gasteiger partial charge >= 0.3 is 0 Å². The van der Waals surface area contributed by atoms with Crippen molar-refractivity contribution in [2.45, 2.75) is 77.3 Å². The van der Waals surface area contributed by atoms with E-state index in [2.05, 4.69) is 6.58 Å². The number of nitrogens with zero attached hydrogens (tertiary/aromatic N) is 1. The van der Waals surface area contributed by atoms with Gasteiger partial charge < -0.3 is 9.64 Å².